The first-order chi connectivity index (χ1) is 16.9. The maximum absolute atomic E-state index is 13.0. The molecule has 0 aliphatic heterocycles. The van der Waals surface area contributed by atoms with Gasteiger partial charge >= 0.3 is 0 Å². The number of anilines is 3. The number of aryl methyl sites for hydroxylation is 3. The van der Waals surface area contributed by atoms with Crippen molar-refractivity contribution in [1.29, 1.82) is 0 Å². The standard InChI is InChI=1S/C27H24N6O2/c1-14-10-23(28)30-15(2)22(14)13-29-27(34)16-4-6-18-20(11-16)25-19-7-5-17(12-21(19)26(18)35-25)31-24-8-9-33(3)32-24/h4-12H,13H2,1-3H3,(H2,28,30)(H,29,34)(H,31,32). The number of aromatic nitrogens is 3. The van der Waals surface area contributed by atoms with Gasteiger partial charge in [0.2, 0.25) is 0 Å². The lowest BCUT2D eigenvalue weighted by atomic mass is 10.0. The quantitative estimate of drug-likeness (QED) is 0.303. The zero-order chi connectivity index (χ0) is 24.3. The van der Waals surface area contributed by atoms with E-state index in [4.69, 9.17) is 10.2 Å². The van der Waals surface area contributed by atoms with Crippen molar-refractivity contribution in [2.24, 2.45) is 7.05 Å². The molecular formula is C27H24N6O2. The number of benzene rings is 3. The van der Waals surface area contributed by atoms with E-state index < -0.39 is 0 Å². The molecule has 4 N–H and O–H groups in total. The van der Waals surface area contributed by atoms with Gasteiger partial charge in [0.15, 0.2) is 5.82 Å². The summed E-state index contributed by atoms with van der Waals surface area (Å²) in [6.45, 7) is 4.26. The summed E-state index contributed by atoms with van der Waals surface area (Å²) in [5.74, 6) is 1.12. The maximum Gasteiger partial charge on any atom is 0.251 e. The second-order valence-electron chi connectivity index (χ2n) is 8.89. The number of rotatable bonds is 5. The molecule has 6 rings (SSSR count). The van der Waals surface area contributed by atoms with E-state index >= 15 is 0 Å². The predicted molar refractivity (Wildman–Crippen MR) is 138 cm³/mol. The van der Waals surface area contributed by atoms with Crippen molar-refractivity contribution >= 4 is 55.9 Å². The summed E-state index contributed by atoms with van der Waals surface area (Å²) >= 11 is 0. The third-order valence-electron chi connectivity index (χ3n) is 6.47. The second-order valence-corrected chi connectivity index (χ2v) is 8.89. The van der Waals surface area contributed by atoms with Crippen molar-refractivity contribution < 1.29 is 9.21 Å². The smallest absolute Gasteiger partial charge is 0.251 e. The minimum Gasteiger partial charge on any atom is -0.455 e. The van der Waals surface area contributed by atoms with E-state index in [1.54, 1.807) is 4.68 Å². The Morgan fingerprint density at radius 3 is 2.46 bits per heavy atom. The van der Waals surface area contributed by atoms with Crippen LogP contribution in [0.3, 0.4) is 0 Å². The van der Waals surface area contributed by atoms with Gasteiger partial charge in [0.1, 0.15) is 17.0 Å². The number of nitrogens with two attached hydrogens (primary N) is 1. The molecule has 0 atom stereocenters. The molecule has 2 aromatic carbocycles. The zero-order valence-electron chi connectivity index (χ0n) is 19.6. The van der Waals surface area contributed by atoms with Crippen molar-refractivity contribution in [1.82, 2.24) is 20.1 Å². The van der Waals surface area contributed by atoms with E-state index in [2.05, 4.69) is 26.8 Å². The van der Waals surface area contributed by atoms with Crippen LogP contribution in [0.4, 0.5) is 17.3 Å². The van der Waals surface area contributed by atoms with Crippen LogP contribution in [0, 0.1) is 13.8 Å². The number of amides is 1. The van der Waals surface area contributed by atoms with Gasteiger partial charge in [-0.25, -0.2) is 4.98 Å². The highest BCUT2D eigenvalue weighted by molar-refractivity contribution is 6.26. The Kier molecular flexibility index (Phi) is 4.63. The minimum absolute atomic E-state index is 0.146. The maximum atomic E-state index is 13.0. The second kappa shape index (κ2) is 7.73. The fraction of sp³-hybridized carbons (Fsp3) is 0.148. The molecule has 4 aromatic heterocycles. The molecule has 0 aliphatic rings. The van der Waals surface area contributed by atoms with Crippen molar-refractivity contribution in [3.05, 3.63) is 77.1 Å². The Bertz CT molecular complexity index is 1720. The lowest BCUT2D eigenvalue weighted by Gasteiger charge is -2.11. The summed E-state index contributed by atoms with van der Waals surface area (Å²) in [6.07, 6.45) is 1.89. The number of furan rings is 2. The van der Waals surface area contributed by atoms with Gasteiger partial charge < -0.3 is 20.8 Å². The molecule has 8 nitrogen and oxygen atoms in total. The number of fused-ring (bicyclic) bond motifs is 8. The van der Waals surface area contributed by atoms with E-state index in [0.29, 0.717) is 17.9 Å². The van der Waals surface area contributed by atoms with Crippen LogP contribution in [0.5, 0.6) is 0 Å². The van der Waals surface area contributed by atoms with Crippen LogP contribution in [0.15, 0.2) is 59.1 Å². The Morgan fingerprint density at radius 2 is 1.74 bits per heavy atom. The molecule has 0 aliphatic carbocycles. The first kappa shape index (κ1) is 21.0. The molecule has 8 heteroatoms. The number of pyridine rings is 1. The zero-order valence-corrected chi connectivity index (χ0v) is 19.6. The third kappa shape index (κ3) is 3.50. The first-order valence-corrected chi connectivity index (χ1v) is 11.4. The summed E-state index contributed by atoms with van der Waals surface area (Å²) in [5.41, 5.74) is 11.8. The van der Waals surface area contributed by atoms with Gasteiger partial charge in [0.25, 0.3) is 5.91 Å². The van der Waals surface area contributed by atoms with Crippen LogP contribution in [0.25, 0.3) is 32.7 Å². The highest BCUT2D eigenvalue weighted by Gasteiger charge is 2.19. The fourth-order valence-corrected chi connectivity index (χ4v) is 4.75. The molecule has 0 spiro atoms. The van der Waals surface area contributed by atoms with Crippen LogP contribution in [-0.4, -0.2) is 20.7 Å². The summed E-state index contributed by atoms with van der Waals surface area (Å²) in [5, 5.41) is 14.7. The average molecular weight is 465 g/mol. The molecule has 0 unspecified atom stereocenters. The van der Waals surface area contributed by atoms with E-state index in [0.717, 1.165) is 61.0 Å². The Morgan fingerprint density at radius 1 is 1.00 bits per heavy atom. The Hall–Kier alpha value is -4.59. The van der Waals surface area contributed by atoms with Gasteiger partial charge in [-0.05, 0) is 67.4 Å². The summed E-state index contributed by atoms with van der Waals surface area (Å²) in [6, 6.07) is 15.5. The molecule has 35 heavy (non-hydrogen) atoms. The van der Waals surface area contributed by atoms with Crippen LogP contribution in [0.1, 0.15) is 27.2 Å². The van der Waals surface area contributed by atoms with Gasteiger partial charge in [0.05, 0.1) is 0 Å². The van der Waals surface area contributed by atoms with Gasteiger partial charge in [-0.3, -0.25) is 9.48 Å². The van der Waals surface area contributed by atoms with Gasteiger partial charge in [-0.15, -0.1) is 0 Å². The van der Waals surface area contributed by atoms with E-state index in [9.17, 15) is 4.79 Å². The Labute approximate surface area is 201 Å². The van der Waals surface area contributed by atoms with Crippen molar-refractivity contribution in [2.75, 3.05) is 11.1 Å². The lowest BCUT2D eigenvalue weighted by Crippen LogP contribution is -2.24. The van der Waals surface area contributed by atoms with Crippen molar-refractivity contribution in [3.8, 4) is 0 Å². The molecule has 2 bridgehead atoms. The van der Waals surface area contributed by atoms with Gasteiger partial charge in [0, 0.05) is 64.3 Å². The molecule has 174 valence electrons. The molecule has 1 amide bonds. The summed E-state index contributed by atoms with van der Waals surface area (Å²) < 4.78 is 7.92. The SMILES string of the molecule is Cc1cc(N)nc(C)c1CNC(=O)c1ccc2c(c1)c1oc2c2cc(Nc3ccn(C)n3)ccc21. The van der Waals surface area contributed by atoms with E-state index in [1.165, 1.54) is 0 Å². The topological polar surface area (TPSA) is 111 Å². The molecule has 0 saturated heterocycles. The summed E-state index contributed by atoms with van der Waals surface area (Å²) in [7, 11) is 1.88. The number of hydrogen-bond donors (Lipinski definition) is 3. The molecular weight excluding hydrogens is 440 g/mol. The fourth-order valence-electron chi connectivity index (χ4n) is 4.75. The predicted octanol–water partition coefficient (Wildman–Crippen LogP) is 5.18. The van der Waals surface area contributed by atoms with Gasteiger partial charge in [-0.1, -0.05) is 0 Å². The van der Waals surface area contributed by atoms with Gasteiger partial charge in [-0.2, -0.15) is 5.10 Å². The van der Waals surface area contributed by atoms with Crippen molar-refractivity contribution in [2.45, 2.75) is 20.4 Å². The monoisotopic (exact) mass is 464 g/mol. The lowest BCUT2D eigenvalue weighted by molar-refractivity contribution is 0.0951. The number of carbonyl (C=O) groups excluding carboxylic acids is 1. The first-order valence-electron chi connectivity index (χ1n) is 11.4. The highest BCUT2D eigenvalue weighted by atomic mass is 16.3. The van der Waals surface area contributed by atoms with Crippen LogP contribution >= 0.6 is 0 Å². The molecule has 0 radical (unpaired) electrons. The summed E-state index contributed by atoms with van der Waals surface area (Å²) in [4.78, 5) is 17.3. The number of nitrogen functional groups attached to an aromatic ring is 1. The third-order valence-corrected chi connectivity index (χ3v) is 6.47. The average Bonchev–Trinajstić information content (AvgIpc) is 3.51. The number of nitrogens with one attached hydrogen (secondary N) is 2. The van der Waals surface area contributed by atoms with Crippen LogP contribution in [-0.2, 0) is 13.6 Å². The van der Waals surface area contributed by atoms with E-state index in [1.807, 2.05) is 69.6 Å². The van der Waals surface area contributed by atoms with Crippen LogP contribution in [0.2, 0.25) is 0 Å². The molecule has 0 saturated carbocycles. The largest absolute Gasteiger partial charge is 0.455 e. The Balaban J connectivity index is 1.29. The number of carbonyl (C=O) groups is 1. The molecule has 6 aromatic rings. The molecule has 4 heterocycles. The van der Waals surface area contributed by atoms with Crippen molar-refractivity contribution in [3.63, 3.8) is 0 Å². The highest BCUT2D eigenvalue weighted by Crippen LogP contribution is 2.42. The van der Waals surface area contributed by atoms with E-state index in [-0.39, 0.29) is 5.91 Å². The number of nitrogens with zero attached hydrogens (tertiary/aromatic N) is 3. The number of hydrogen-bond acceptors (Lipinski definition) is 6. The normalized spacial score (nSPS) is 11.6. The van der Waals surface area contributed by atoms with Crippen LogP contribution < -0.4 is 16.4 Å². The molecule has 0 fully saturated rings. The minimum atomic E-state index is -0.146.